The van der Waals surface area contributed by atoms with Crippen molar-refractivity contribution in [3.05, 3.63) is 0 Å². The Balaban J connectivity index is 3.92. The van der Waals surface area contributed by atoms with Crippen LogP contribution in [0.5, 0.6) is 0 Å². The van der Waals surface area contributed by atoms with Crippen LogP contribution in [0.2, 0.25) is 0 Å². The third-order valence-corrected chi connectivity index (χ3v) is 4.01. The molecule has 0 saturated carbocycles. The monoisotopic (exact) mass is 328 g/mol. The molecule has 0 aliphatic heterocycles. The van der Waals surface area contributed by atoms with E-state index in [-0.39, 0.29) is 18.5 Å². The maximum atomic E-state index is 11.9. The Morgan fingerprint density at radius 1 is 0.870 bits per heavy atom. The van der Waals surface area contributed by atoms with E-state index >= 15 is 0 Å². The lowest BCUT2D eigenvalue weighted by Gasteiger charge is -2.18. The average molecular weight is 328 g/mol. The molecule has 0 aromatic heterocycles. The zero-order chi connectivity index (χ0) is 17.5. The van der Waals surface area contributed by atoms with Crippen LogP contribution in [0.15, 0.2) is 0 Å². The lowest BCUT2D eigenvalue weighted by Crippen LogP contribution is -2.18. The lowest BCUT2D eigenvalue weighted by atomic mass is 10.0. The summed E-state index contributed by atoms with van der Waals surface area (Å²) in [7, 11) is 0. The quantitative estimate of drug-likeness (QED) is 0.325. The van der Waals surface area contributed by atoms with Gasteiger partial charge in [0.15, 0.2) is 0 Å². The fourth-order valence-corrected chi connectivity index (χ4v) is 2.59. The third-order valence-electron chi connectivity index (χ3n) is 4.01. The highest BCUT2D eigenvalue weighted by Gasteiger charge is 2.14. The SMILES string of the molecule is CCCCC(CCCCCC(C)C)OC(=O)CCCCC(=O)O. The van der Waals surface area contributed by atoms with E-state index in [2.05, 4.69) is 20.8 Å². The van der Waals surface area contributed by atoms with E-state index in [1.54, 1.807) is 0 Å². The van der Waals surface area contributed by atoms with Gasteiger partial charge in [-0.15, -0.1) is 0 Å². The van der Waals surface area contributed by atoms with Gasteiger partial charge in [0.2, 0.25) is 0 Å². The van der Waals surface area contributed by atoms with E-state index < -0.39 is 5.97 Å². The summed E-state index contributed by atoms with van der Waals surface area (Å²) in [5.41, 5.74) is 0. The van der Waals surface area contributed by atoms with Crippen LogP contribution in [0.25, 0.3) is 0 Å². The van der Waals surface area contributed by atoms with Crippen molar-refractivity contribution in [2.75, 3.05) is 0 Å². The molecule has 0 bridgehead atoms. The summed E-state index contributed by atoms with van der Waals surface area (Å²) in [5.74, 6) is -0.214. The number of aliphatic carboxylic acids is 1. The summed E-state index contributed by atoms with van der Waals surface area (Å²) in [6, 6.07) is 0. The highest BCUT2D eigenvalue weighted by atomic mass is 16.5. The summed E-state index contributed by atoms with van der Waals surface area (Å²) >= 11 is 0. The van der Waals surface area contributed by atoms with Crippen molar-refractivity contribution in [1.82, 2.24) is 0 Å². The largest absolute Gasteiger partial charge is 0.481 e. The minimum absolute atomic E-state index is 0.0426. The number of ether oxygens (including phenoxy) is 1. The van der Waals surface area contributed by atoms with Crippen LogP contribution in [0.3, 0.4) is 0 Å². The van der Waals surface area contributed by atoms with Crippen molar-refractivity contribution in [3.63, 3.8) is 0 Å². The molecule has 0 aliphatic carbocycles. The highest BCUT2D eigenvalue weighted by molar-refractivity contribution is 5.70. The van der Waals surface area contributed by atoms with E-state index in [4.69, 9.17) is 9.84 Å². The predicted octanol–water partition coefficient (Wildman–Crippen LogP) is 5.34. The van der Waals surface area contributed by atoms with Crippen molar-refractivity contribution in [1.29, 1.82) is 0 Å². The molecule has 1 atom stereocenters. The van der Waals surface area contributed by atoms with E-state index in [9.17, 15) is 9.59 Å². The number of carbonyl (C=O) groups excluding carboxylic acids is 1. The van der Waals surface area contributed by atoms with Crippen molar-refractivity contribution < 1.29 is 19.4 Å². The molecule has 23 heavy (non-hydrogen) atoms. The molecular formula is C19H36O4. The summed E-state index contributed by atoms with van der Waals surface area (Å²) in [5, 5.41) is 8.58. The van der Waals surface area contributed by atoms with Gasteiger partial charge in [0.25, 0.3) is 0 Å². The molecular weight excluding hydrogens is 292 g/mol. The number of carboxylic acid groups (broad SMARTS) is 1. The second kappa shape index (κ2) is 14.5. The van der Waals surface area contributed by atoms with Crippen molar-refractivity contribution in [2.24, 2.45) is 5.92 Å². The Bertz CT molecular complexity index is 312. The van der Waals surface area contributed by atoms with Gasteiger partial charge in [-0.3, -0.25) is 9.59 Å². The van der Waals surface area contributed by atoms with Gasteiger partial charge >= 0.3 is 11.9 Å². The number of hydrogen-bond acceptors (Lipinski definition) is 3. The smallest absolute Gasteiger partial charge is 0.306 e. The highest BCUT2D eigenvalue weighted by Crippen LogP contribution is 2.17. The summed E-state index contributed by atoms with van der Waals surface area (Å²) in [6.07, 6.45) is 10.6. The molecule has 0 fully saturated rings. The number of carboxylic acids is 1. The zero-order valence-corrected chi connectivity index (χ0v) is 15.3. The van der Waals surface area contributed by atoms with Crippen LogP contribution < -0.4 is 0 Å². The molecule has 4 nitrogen and oxygen atoms in total. The first-order valence-corrected chi connectivity index (χ1v) is 9.37. The third kappa shape index (κ3) is 15.6. The molecule has 4 heteroatoms. The van der Waals surface area contributed by atoms with Crippen molar-refractivity contribution in [2.45, 2.75) is 104 Å². The minimum atomic E-state index is -0.805. The number of unbranched alkanes of at least 4 members (excludes halogenated alkanes) is 4. The number of carbonyl (C=O) groups is 2. The normalized spacial score (nSPS) is 12.3. The first-order chi connectivity index (χ1) is 11.0. The lowest BCUT2D eigenvalue weighted by molar-refractivity contribution is -0.150. The Morgan fingerprint density at radius 3 is 2.09 bits per heavy atom. The first-order valence-electron chi connectivity index (χ1n) is 9.37. The zero-order valence-electron chi connectivity index (χ0n) is 15.3. The molecule has 0 spiro atoms. The fourth-order valence-electron chi connectivity index (χ4n) is 2.59. The van der Waals surface area contributed by atoms with Crippen LogP contribution in [-0.4, -0.2) is 23.1 Å². The molecule has 0 aromatic rings. The molecule has 0 aliphatic rings. The maximum absolute atomic E-state index is 11.9. The second-order valence-corrected chi connectivity index (χ2v) is 6.89. The van der Waals surface area contributed by atoms with Gasteiger partial charge in [-0.2, -0.15) is 0 Å². The predicted molar refractivity (Wildman–Crippen MR) is 93.4 cm³/mol. The summed E-state index contributed by atoms with van der Waals surface area (Å²) < 4.78 is 5.60. The first kappa shape index (κ1) is 21.9. The van der Waals surface area contributed by atoms with Gasteiger partial charge in [0, 0.05) is 12.8 Å². The summed E-state index contributed by atoms with van der Waals surface area (Å²) in [4.78, 5) is 22.3. The van der Waals surface area contributed by atoms with Crippen LogP contribution in [-0.2, 0) is 14.3 Å². The van der Waals surface area contributed by atoms with Gasteiger partial charge < -0.3 is 9.84 Å². The molecule has 0 amide bonds. The Labute approximate surface area is 142 Å². The van der Waals surface area contributed by atoms with E-state index in [0.29, 0.717) is 19.3 Å². The van der Waals surface area contributed by atoms with Crippen LogP contribution in [0.4, 0.5) is 0 Å². The maximum Gasteiger partial charge on any atom is 0.306 e. The molecule has 0 aromatic carbocycles. The van der Waals surface area contributed by atoms with Gasteiger partial charge in [-0.25, -0.2) is 0 Å². The molecule has 1 unspecified atom stereocenters. The van der Waals surface area contributed by atoms with E-state index in [1.165, 1.54) is 19.3 Å². The molecule has 0 heterocycles. The average Bonchev–Trinajstić information content (AvgIpc) is 2.48. The molecule has 0 rings (SSSR count). The van der Waals surface area contributed by atoms with Crippen LogP contribution in [0.1, 0.15) is 97.8 Å². The number of hydrogen-bond donors (Lipinski definition) is 1. The fraction of sp³-hybridized carbons (Fsp3) is 0.895. The summed E-state index contributed by atoms with van der Waals surface area (Å²) in [6.45, 7) is 6.64. The minimum Gasteiger partial charge on any atom is -0.481 e. The van der Waals surface area contributed by atoms with E-state index in [0.717, 1.165) is 38.0 Å². The number of rotatable bonds is 15. The van der Waals surface area contributed by atoms with Gasteiger partial charge in [-0.05, 0) is 38.0 Å². The van der Waals surface area contributed by atoms with Crippen LogP contribution in [0, 0.1) is 5.92 Å². The molecule has 0 saturated heterocycles. The standard InChI is InChI=1S/C19H36O4/c1-4-5-12-17(13-8-6-7-11-16(2)3)23-19(22)15-10-9-14-18(20)21/h16-17H,4-15H2,1-3H3,(H,20,21). The Morgan fingerprint density at radius 2 is 1.48 bits per heavy atom. The molecule has 1 N–H and O–H groups in total. The van der Waals surface area contributed by atoms with Crippen LogP contribution >= 0.6 is 0 Å². The Kier molecular flexibility index (Phi) is 13.9. The molecule has 136 valence electrons. The topological polar surface area (TPSA) is 63.6 Å². The number of esters is 1. The van der Waals surface area contributed by atoms with Gasteiger partial charge in [-0.1, -0.05) is 52.9 Å². The second-order valence-electron chi connectivity index (χ2n) is 6.89. The molecule has 0 radical (unpaired) electrons. The van der Waals surface area contributed by atoms with Crippen molar-refractivity contribution in [3.8, 4) is 0 Å². The van der Waals surface area contributed by atoms with Gasteiger partial charge in [0.1, 0.15) is 6.10 Å². The van der Waals surface area contributed by atoms with Crippen molar-refractivity contribution >= 4 is 11.9 Å². The van der Waals surface area contributed by atoms with E-state index in [1.807, 2.05) is 0 Å². The van der Waals surface area contributed by atoms with Gasteiger partial charge in [0.05, 0.1) is 0 Å². The Hall–Kier alpha value is -1.06.